The van der Waals surface area contributed by atoms with Crippen LogP contribution in [-0.2, 0) is 0 Å². The van der Waals surface area contributed by atoms with Gasteiger partial charge in [0.2, 0.25) is 0 Å². The van der Waals surface area contributed by atoms with Gasteiger partial charge in [0, 0.05) is 18.2 Å². The summed E-state index contributed by atoms with van der Waals surface area (Å²) in [4.78, 5) is 0. The number of rotatable bonds is 2. The van der Waals surface area contributed by atoms with Crippen LogP contribution in [0.5, 0.6) is 0 Å². The zero-order valence-corrected chi connectivity index (χ0v) is 7.14. The molecule has 0 unspecified atom stereocenters. The molecule has 0 spiro atoms. The van der Waals surface area contributed by atoms with Gasteiger partial charge in [-0.3, -0.25) is 0 Å². The Hall–Kier alpha value is -0.570. The van der Waals surface area contributed by atoms with E-state index in [1.165, 1.54) is 19.3 Å². The van der Waals surface area contributed by atoms with Gasteiger partial charge in [-0.25, -0.2) is 0 Å². The highest BCUT2D eigenvalue weighted by atomic mass is 15.1. The Balaban J connectivity index is 2.24. The van der Waals surface area contributed by atoms with Gasteiger partial charge in [0.05, 0.1) is 0 Å². The van der Waals surface area contributed by atoms with Crippen LogP contribution in [0.15, 0.2) is 5.10 Å². The third kappa shape index (κ3) is 2.89. The van der Waals surface area contributed by atoms with Gasteiger partial charge in [-0.2, -0.15) is 5.10 Å². The zero-order chi connectivity index (χ0) is 8.10. The first-order chi connectivity index (χ1) is 5.33. The van der Waals surface area contributed by atoms with Crippen LogP contribution in [0.1, 0.15) is 32.6 Å². The van der Waals surface area contributed by atoms with Crippen molar-refractivity contribution in [1.29, 1.82) is 0 Å². The fraction of sp³-hybridized carbons (Fsp3) is 0.875. The highest BCUT2D eigenvalue weighted by Gasteiger charge is 2.12. The SMILES string of the molecule is CC(C[C@H]1CCCCN1)=NN. The lowest BCUT2D eigenvalue weighted by molar-refractivity contribution is 0.409. The average molecular weight is 155 g/mol. The molecule has 1 aliphatic heterocycles. The summed E-state index contributed by atoms with van der Waals surface area (Å²) >= 11 is 0. The summed E-state index contributed by atoms with van der Waals surface area (Å²) in [7, 11) is 0. The second-order valence-corrected chi connectivity index (χ2v) is 3.22. The fourth-order valence-corrected chi connectivity index (χ4v) is 1.51. The van der Waals surface area contributed by atoms with Crippen LogP contribution in [0.25, 0.3) is 0 Å². The van der Waals surface area contributed by atoms with Gasteiger partial charge in [0.1, 0.15) is 0 Å². The minimum Gasteiger partial charge on any atom is -0.323 e. The van der Waals surface area contributed by atoms with Gasteiger partial charge in [0.15, 0.2) is 0 Å². The van der Waals surface area contributed by atoms with E-state index in [0.29, 0.717) is 6.04 Å². The van der Waals surface area contributed by atoms with E-state index in [1.807, 2.05) is 6.92 Å². The number of piperidine rings is 1. The predicted octanol–water partition coefficient (Wildman–Crippen LogP) is 0.853. The summed E-state index contributed by atoms with van der Waals surface area (Å²) in [5.74, 6) is 5.15. The third-order valence-corrected chi connectivity index (χ3v) is 2.17. The number of hydrogen-bond donors (Lipinski definition) is 2. The molecule has 64 valence electrons. The highest BCUT2D eigenvalue weighted by Crippen LogP contribution is 2.10. The van der Waals surface area contributed by atoms with Crippen molar-refractivity contribution in [2.24, 2.45) is 10.9 Å². The van der Waals surface area contributed by atoms with E-state index < -0.39 is 0 Å². The molecule has 0 aromatic rings. The van der Waals surface area contributed by atoms with Crippen molar-refractivity contribution >= 4 is 5.71 Å². The summed E-state index contributed by atoms with van der Waals surface area (Å²) < 4.78 is 0. The number of nitrogens with two attached hydrogens (primary N) is 1. The van der Waals surface area contributed by atoms with Crippen LogP contribution >= 0.6 is 0 Å². The van der Waals surface area contributed by atoms with Crippen LogP contribution in [0, 0.1) is 0 Å². The van der Waals surface area contributed by atoms with Crippen molar-refractivity contribution in [3.8, 4) is 0 Å². The minimum atomic E-state index is 0.621. The van der Waals surface area contributed by atoms with Crippen molar-refractivity contribution in [1.82, 2.24) is 5.32 Å². The number of hydrazone groups is 1. The molecule has 0 aromatic heterocycles. The maximum atomic E-state index is 5.15. The standard InChI is InChI=1S/C8H17N3/c1-7(11-9)6-8-4-2-3-5-10-8/h8,10H,2-6,9H2,1H3/t8-/m1/s1. The molecule has 3 nitrogen and oxygen atoms in total. The molecule has 1 rings (SSSR count). The van der Waals surface area contributed by atoms with Gasteiger partial charge < -0.3 is 11.2 Å². The lowest BCUT2D eigenvalue weighted by atomic mass is 10.0. The molecule has 0 bridgehead atoms. The van der Waals surface area contributed by atoms with E-state index in [4.69, 9.17) is 5.84 Å². The van der Waals surface area contributed by atoms with Crippen LogP contribution in [0.3, 0.4) is 0 Å². The van der Waals surface area contributed by atoms with E-state index in [1.54, 1.807) is 0 Å². The Labute approximate surface area is 68.0 Å². The van der Waals surface area contributed by atoms with Crippen molar-refractivity contribution < 1.29 is 0 Å². The first-order valence-electron chi connectivity index (χ1n) is 4.29. The van der Waals surface area contributed by atoms with Crippen molar-refractivity contribution in [3.63, 3.8) is 0 Å². The average Bonchev–Trinajstić information content (AvgIpc) is 2.06. The molecule has 0 amide bonds. The van der Waals surface area contributed by atoms with Crippen LogP contribution in [-0.4, -0.2) is 18.3 Å². The maximum Gasteiger partial charge on any atom is 0.0360 e. The first kappa shape index (κ1) is 8.53. The molecular weight excluding hydrogens is 138 g/mol. The molecule has 0 saturated carbocycles. The summed E-state index contributed by atoms with van der Waals surface area (Å²) in [6.45, 7) is 3.14. The largest absolute Gasteiger partial charge is 0.323 e. The number of nitrogens with zero attached hydrogens (tertiary/aromatic N) is 1. The molecule has 1 atom stereocenters. The van der Waals surface area contributed by atoms with Crippen LogP contribution in [0.2, 0.25) is 0 Å². The Bertz CT molecular complexity index is 136. The second kappa shape index (κ2) is 4.34. The quantitative estimate of drug-likeness (QED) is 0.353. The van der Waals surface area contributed by atoms with Crippen LogP contribution < -0.4 is 11.2 Å². The van der Waals surface area contributed by atoms with Gasteiger partial charge in [-0.05, 0) is 26.3 Å². The Morgan fingerprint density at radius 2 is 2.45 bits per heavy atom. The molecular formula is C8H17N3. The molecule has 11 heavy (non-hydrogen) atoms. The van der Waals surface area contributed by atoms with E-state index >= 15 is 0 Å². The summed E-state index contributed by atoms with van der Waals surface area (Å²) in [5, 5.41) is 7.11. The molecule has 0 aromatic carbocycles. The highest BCUT2D eigenvalue weighted by molar-refractivity contribution is 5.82. The minimum absolute atomic E-state index is 0.621. The van der Waals surface area contributed by atoms with Gasteiger partial charge in [-0.1, -0.05) is 6.42 Å². The van der Waals surface area contributed by atoms with Crippen molar-refractivity contribution in [2.45, 2.75) is 38.6 Å². The monoisotopic (exact) mass is 155 g/mol. The Morgan fingerprint density at radius 1 is 1.64 bits per heavy atom. The number of hydrogen-bond acceptors (Lipinski definition) is 3. The first-order valence-corrected chi connectivity index (χ1v) is 4.29. The topological polar surface area (TPSA) is 50.4 Å². The molecule has 1 heterocycles. The van der Waals surface area contributed by atoms with Crippen molar-refractivity contribution in [3.05, 3.63) is 0 Å². The molecule has 0 radical (unpaired) electrons. The lowest BCUT2D eigenvalue weighted by Crippen LogP contribution is -2.35. The van der Waals surface area contributed by atoms with Gasteiger partial charge in [-0.15, -0.1) is 0 Å². The molecule has 3 heteroatoms. The maximum absolute atomic E-state index is 5.15. The lowest BCUT2D eigenvalue weighted by Gasteiger charge is -2.22. The van der Waals surface area contributed by atoms with Gasteiger partial charge >= 0.3 is 0 Å². The van der Waals surface area contributed by atoms with Crippen molar-refractivity contribution in [2.75, 3.05) is 6.54 Å². The molecule has 3 N–H and O–H groups in total. The fourth-order valence-electron chi connectivity index (χ4n) is 1.51. The zero-order valence-electron chi connectivity index (χ0n) is 7.14. The molecule has 1 saturated heterocycles. The third-order valence-electron chi connectivity index (χ3n) is 2.17. The van der Waals surface area contributed by atoms with E-state index in [0.717, 1.165) is 18.7 Å². The smallest absolute Gasteiger partial charge is 0.0360 e. The van der Waals surface area contributed by atoms with E-state index in [2.05, 4.69) is 10.4 Å². The summed E-state index contributed by atoms with van der Waals surface area (Å²) in [6, 6.07) is 0.621. The normalized spacial score (nSPS) is 27.0. The van der Waals surface area contributed by atoms with E-state index in [-0.39, 0.29) is 0 Å². The summed E-state index contributed by atoms with van der Waals surface area (Å²) in [5.41, 5.74) is 1.05. The summed E-state index contributed by atoms with van der Waals surface area (Å²) in [6.07, 6.45) is 4.94. The molecule has 0 aliphatic carbocycles. The number of nitrogens with one attached hydrogen (secondary N) is 1. The molecule has 1 fully saturated rings. The van der Waals surface area contributed by atoms with E-state index in [9.17, 15) is 0 Å². The van der Waals surface area contributed by atoms with Crippen LogP contribution in [0.4, 0.5) is 0 Å². The van der Waals surface area contributed by atoms with Gasteiger partial charge in [0.25, 0.3) is 0 Å². The Kier molecular flexibility index (Phi) is 3.36. The Morgan fingerprint density at radius 3 is 3.00 bits per heavy atom. The second-order valence-electron chi connectivity index (χ2n) is 3.22. The molecule has 1 aliphatic rings. The predicted molar refractivity (Wildman–Crippen MR) is 47.6 cm³/mol.